The third-order valence-corrected chi connectivity index (χ3v) is 9.54. The summed E-state index contributed by atoms with van der Waals surface area (Å²) in [5, 5.41) is 4.70. The van der Waals surface area contributed by atoms with E-state index in [1.807, 2.05) is 92.5 Å². The van der Waals surface area contributed by atoms with E-state index in [2.05, 4.69) is 17.2 Å². The first kappa shape index (κ1) is 27.4. The molecule has 3 aromatic carbocycles. The fraction of sp³-hybridized carbons (Fsp3) is 0.300. The largest absolute Gasteiger partial charge is 0.373 e. The van der Waals surface area contributed by atoms with Gasteiger partial charge in [-0.25, -0.2) is 8.42 Å². The maximum atomic E-state index is 14.1. The van der Waals surface area contributed by atoms with E-state index in [0.29, 0.717) is 19.2 Å². The molecule has 1 aliphatic rings. The first-order chi connectivity index (χ1) is 18.9. The Kier molecular flexibility index (Phi) is 8.70. The van der Waals surface area contributed by atoms with E-state index in [1.165, 1.54) is 0 Å². The molecule has 1 heterocycles. The molecule has 0 atom stereocenters. The number of benzene rings is 3. The highest BCUT2D eigenvalue weighted by molar-refractivity contribution is 7.91. The molecule has 0 unspecified atom stereocenters. The van der Waals surface area contributed by atoms with Crippen LogP contribution in [0.5, 0.6) is 0 Å². The van der Waals surface area contributed by atoms with Gasteiger partial charge in [-0.1, -0.05) is 116 Å². The highest BCUT2D eigenvalue weighted by Crippen LogP contribution is 2.35. The lowest BCUT2D eigenvalue weighted by Crippen LogP contribution is -2.52. The quantitative estimate of drug-likeness (QED) is 0.220. The lowest BCUT2D eigenvalue weighted by Gasteiger charge is -2.35. The van der Waals surface area contributed by atoms with Gasteiger partial charge in [-0.2, -0.15) is 5.10 Å². The molecule has 9 heteroatoms. The summed E-state index contributed by atoms with van der Waals surface area (Å²) in [4.78, 5) is 0. The molecular formula is C30H35B2N3O3S. The van der Waals surface area contributed by atoms with Gasteiger partial charge in [0, 0.05) is 6.20 Å². The highest BCUT2D eigenvalue weighted by atomic mass is 32.2. The molecule has 0 bridgehead atoms. The zero-order valence-electron chi connectivity index (χ0n) is 22.6. The Morgan fingerprint density at radius 3 is 1.79 bits per heavy atom. The Balaban J connectivity index is 1.29. The predicted molar refractivity (Wildman–Crippen MR) is 158 cm³/mol. The van der Waals surface area contributed by atoms with Gasteiger partial charge >= 0.3 is 0 Å². The SMILES string of the molecule is CB(Cc1ccccc1)N(B(C)Cc1ccccc1)S(=O)(=O)c1ccn(C2CC(OCc3ccccc3)C2)n1. The molecule has 200 valence electrons. The van der Waals surface area contributed by atoms with Gasteiger partial charge < -0.3 is 4.74 Å². The second-order valence-corrected chi connectivity index (χ2v) is 12.4. The van der Waals surface area contributed by atoms with Crippen LogP contribution in [0.2, 0.25) is 13.6 Å². The lowest BCUT2D eigenvalue weighted by molar-refractivity contribution is -0.0386. The normalized spacial score (nSPS) is 17.1. The summed E-state index contributed by atoms with van der Waals surface area (Å²) >= 11 is 0. The number of ether oxygens (including phenoxy) is 1. The van der Waals surface area contributed by atoms with Crippen molar-refractivity contribution in [1.82, 2.24) is 13.9 Å². The van der Waals surface area contributed by atoms with Gasteiger partial charge in [-0.15, -0.1) is 0 Å². The van der Waals surface area contributed by atoms with Crippen molar-refractivity contribution in [3.05, 3.63) is 120 Å². The van der Waals surface area contributed by atoms with Crippen molar-refractivity contribution < 1.29 is 13.2 Å². The zero-order valence-corrected chi connectivity index (χ0v) is 23.5. The molecule has 4 aromatic rings. The van der Waals surface area contributed by atoms with E-state index >= 15 is 0 Å². The van der Waals surface area contributed by atoms with Crippen LogP contribution >= 0.6 is 0 Å². The molecule has 6 nitrogen and oxygen atoms in total. The van der Waals surface area contributed by atoms with Crippen molar-refractivity contribution in [3.63, 3.8) is 0 Å². The number of hydrogen-bond acceptors (Lipinski definition) is 4. The molecule has 1 aliphatic carbocycles. The molecule has 1 saturated carbocycles. The first-order valence-corrected chi connectivity index (χ1v) is 15.2. The van der Waals surface area contributed by atoms with Gasteiger partial charge in [-0.3, -0.25) is 8.81 Å². The van der Waals surface area contributed by atoms with Gasteiger partial charge in [0.05, 0.1) is 18.8 Å². The summed E-state index contributed by atoms with van der Waals surface area (Å²) in [5.41, 5.74) is 3.38. The van der Waals surface area contributed by atoms with E-state index in [4.69, 9.17) is 4.74 Å². The second kappa shape index (κ2) is 12.4. The van der Waals surface area contributed by atoms with Crippen molar-refractivity contribution >= 4 is 23.7 Å². The number of sulfonamides is 1. The van der Waals surface area contributed by atoms with Crippen LogP contribution < -0.4 is 0 Å². The molecule has 1 fully saturated rings. The van der Waals surface area contributed by atoms with E-state index < -0.39 is 10.0 Å². The monoisotopic (exact) mass is 539 g/mol. The molecule has 0 aliphatic heterocycles. The summed E-state index contributed by atoms with van der Waals surface area (Å²) in [7, 11) is -3.83. The topological polar surface area (TPSA) is 64.4 Å². The average molecular weight is 539 g/mol. The van der Waals surface area contributed by atoms with Crippen molar-refractivity contribution in [2.24, 2.45) is 0 Å². The van der Waals surface area contributed by atoms with Gasteiger partial charge in [0.25, 0.3) is 0 Å². The molecule has 0 amide bonds. The van der Waals surface area contributed by atoms with Gasteiger partial charge in [0.15, 0.2) is 5.03 Å². The van der Waals surface area contributed by atoms with Gasteiger partial charge in [-0.05, 0) is 37.1 Å². The van der Waals surface area contributed by atoms with E-state index in [9.17, 15) is 8.42 Å². The smallest absolute Gasteiger partial charge is 0.242 e. The highest BCUT2D eigenvalue weighted by Gasteiger charge is 2.39. The Morgan fingerprint density at radius 2 is 1.28 bits per heavy atom. The van der Waals surface area contributed by atoms with Crippen molar-refractivity contribution in [2.75, 3.05) is 0 Å². The lowest BCUT2D eigenvalue weighted by atomic mass is 9.48. The summed E-state index contributed by atoms with van der Waals surface area (Å²) in [6.07, 6.45) is 4.87. The zero-order chi connectivity index (χ0) is 27.2. The number of rotatable bonds is 12. The molecule has 0 N–H and O–H groups in total. The summed E-state index contributed by atoms with van der Waals surface area (Å²) in [5.74, 6) is 0. The summed E-state index contributed by atoms with van der Waals surface area (Å²) < 4.78 is 37.7. The molecule has 5 rings (SSSR count). The van der Waals surface area contributed by atoms with Crippen LogP contribution in [0.1, 0.15) is 35.6 Å². The third kappa shape index (κ3) is 6.72. The Hall–Kier alpha value is -3.13. The average Bonchev–Trinajstić information content (AvgIpc) is 3.40. The summed E-state index contributed by atoms with van der Waals surface area (Å²) in [6, 6.07) is 32.0. The number of nitrogens with zero attached hydrogens (tertiary/aromatic N) is 3. The number of aromatic nitrogens is 2. The van der Waals surface area contributed by atoms with Gasteiger partial charge in [0.2, 0.25) is 23.7 Å². The predicted octanol–water partition coefficient (Wildman–Crippen LogP) is 5.60. The molecule has 0 radical (unpaired) electrons. The molecule has 0 saturated heterocycles. The Bertz CT molecular complexity index is 1380. The van der Waals surface area contributed by atoms with E-state index in [0.717, 1.165) is 29.5 Å². The van der Waals surface area contributed by atoms with Crippen LogP contribution in [0.15, 0.2) is 108 Å². The molecule has 39 heavy (non-hydrogen) atoms. The van der Waals surface area contributed by atoms with Crippen molar-refractivity contribution in [2.45, 2.75) is 62.9 Å². The van der Waals surface area contributed by atoms with Crippen LogP contribution in [-0.4, -0.2) is 42.1 Å². The maximum Gasteiger partial charge on any atom is 0.242 e. The maximum absolute atomic E-state index is 14.1. The minimum absolute atomic E-state index is 0.107. The Morgan fingerprint density at radius 1 is 0.795 bits per heavy atom. The van der Waals surface area contributed by atoms with E-state index in [1.54, 1.807) is 21.1 Å². The van der Waals surface area contributed by atoms with E-state index in [-0.39, 0.29) is 30.9 Å². The van der Waals surface area contributed by atoms with Crippen LogP contribution in [0.4, 0.5) is 0 Å². The minimum atomic E-state index is -3.83. The second-order valence-electron chi connectivity index (χ2n) is 10.6. The van der Waals surface area contributed by atoms with Gasteiger partial charge in [0.1, 0.15) is 0 Å². The first-order valence-electron chi connectivity index (χ1n) is 13.7. The Labute approximate surface area is 233 Å². The standard InChI is InChI=1S/C30H35B2N3O3S/c1-31(22-25-12-6-3-7-13-25)35(32(2)23-26-14-8-4-9-15-26)39(36,37)30-18-19-34(33-30)28-20-29(21-28)38-24-27-16-10-5-11-17-27/h3-19,28-29H,20-24H2,1-2H3. The fourth-order valence-corrected chi connectivity index (χ4v) is 7.19. The third-order valence-electron chi connectivity index (χ3n) is 7.52. The fourth-order valence-electron chi connectivity index (χ4n) is 5.45. The number of hydrogen-bond donors (Lipinski definition) is 0. The molecular weight excluding hydrogens is 504 g/mol. The van der Waals surface area contributed by atoms with Crippen molar-refractivity contribution in [1.29, 1.82) is 0 Å². The van der Waals surface area contributed by atoms with Crippen LogP contribution in [-0.2, 0) is 34.0 Å². The molecule has 0 spiro atoms. The summed E-state index contributed by atoms with van der Waals surface area (Å²) in [6.45, 7) is 4.10. The molecule has 1 aromatic heterocycles. The van der Waals surface area contributed by atoms with Crippen LogP contribution in [0.25, 0.3) is 0 Å². The van der Waals surface area contributed by atoms with Crippen molar-refractivity contribution in [3.8, 4) is 0 Å². The minimum Gasteiger partial charge on any atom is -0.373 e. The van der Waals surface area contributed by atoms with Crippen LogP contribution in [0.3, 0.4) is 0 Å². The van der Waals surface area contributed by atoms with Crippen LogP contribution in [0, 0.1) is 0 Å².